The van der Waals surface area contributed by atoms with Gasteiger partial charge >= 0.3 is 0 Å². The van der Waals surface area contributed by atoms with Crippen LogP contribution in [-0.4, -0.2) is 27.7 Å². The molecule has 4 nitrogen and oxygen atoms in total. The van der Waals surface area contributed by atoms with E-state index in [2.05, 4.69) is 26.5 Å². The van der Waals surface area contributed by atoms with Crippen molar-refractivity contribution in [3.8, 4) is 23.0 Å². The van der Waals surface area contributed by atoms with Gasteiger partial charge in [-0.15, -0.1) is 0 Å². The SMILES string of the molecule is CCCC(C)S.COc1ccc(O)c(C(F)F)c1.Oc1ccc(C(F)F)c(O)c1. The fraction of sp³-hybridized carbons (Fsp3) is 0.400. The van der Waals surface area contributed by atoms with Crippen LogP contribution in [0.2, 0.25) is 0 Å². The zero-order valence-electron chi connectivity index (χ0n) is 16.3. The second-order valence-corrected chi connectivity index (χ2v) is 6.79. The molecular weight excluding hydrogens is 412 g/mol. The fourth-order valence-electron chi connectivity index (χ4n) is 1.97. The van der Waals surface area contributed by atoms with E-state index in [4.69, 9.17) is 20.1 Å². The number of rotatable bonds is 5. The van der Waals surface area contributed by atoms with Gasteiger partial charge in [0.05, 0.1) is 18.2 Å². The molecule has 0 saturated heterocycles. The van der Waals surface area contributed by atoms with Gasteiger partial charge in [-0.2, -0.15) is 12.6 Å². The molecule has 29 heavy (non-hydrogen) atoms. The number of ether oxygens (including phenoxy) is 1. The quantitative estimate of drug-likeness (QED) is 0.319. The molecule has 2 aromatic rings. The van der Waals surface area contributed by atoms with Crippen molar-refractivity contribution in [3.63, 3.8) is 0 Å². The van der Waals surface area contributed by atoms with E-state index in [0.29, 0.717) is 11.0 Å². The normalized spacial score (nSPS) is 11.2. The second kappa shape index (κ2) is 13.8. The third-order valence-electron chi connectivity index (χ3n) is 3.43. The molecule has 0 amide bonds. The summed E-state index contributed by atoms with van der Waals surface area (Å²) in [6.45, 7) is 4.29. The van der Waals surface area contributed by atoms with Gasteiger partial charge < -0.3 is 20.1 Å². The maximum atomic E-state index is 12.1. The number of halogens is 4. The molecule has 0 spiro atoms. The molecule has 0 heterocycles. The Kier molecular flexibility index (Phi) is 12.7. The molecule has 0 saturated carbocycles. The Labute approximate surface area is 173 Å². The van der Waals surface area contributed by atoms with Crippen LogP contribution in [0.4, 0.5) is 17.6 Å². The number of aromatic hydroxyl groups is 3. The molecule has 2 rings (SSSR count). The van der Waals surface area contributed by atoms with Gasteiger partial charge in [0.2, 0.25) is 0 Å². The zero-order valence-corrected chi connectivity index (χ0v) is 17.2. The lowest BCUT2D eigenvalue weighted by Gasteiger charge is -2.05. The predicted molar refractivity (Wildman–Crippen MR) is 108 cm³/mol. The molecule has 0 aliphatic carbocycles. The Hall–Kier alpha value is -2.29. The fourth-order valence-corrected chi connectivity index (χ4v) is 2.23. The van der Waals surface area contributed by atoms with Crippen LogP contribution in [0.3, 0.4) is 0 Å². The van der Waals surface area contributed by atoms with Gasteiger partial charge in [0.25, 0.3) is 12.9 Å². The Morgan fingerprint density at radius 3 is 1.86 bits per heavy atom. The zero-order chi connectivity index (χ0) is 22.6. The summed E-state index contributed by atoms with van der Waals surface area (Å²) in [6, 6.07) is 6.67. The molecule has 1 unspecified atom stereocenters. The second-order valence-electron chi connectivity index (χ2n) is 5.91. The number of phenols is 3. The Morgan fingerprint density at radius 1 is 0.897 bits per heavy atom. The van der Waals surface area contributed by atoms with E-state index in [0.717, 1.165) is 24.3 Å². The summed E-state index contributed by atoms with van der Waals surface area (Å²) in [5.41, 5.74) is -0.878. The first-order chi connectivity index (χ1) is 13.5. The standard InChI is InChI=1S/C8H8F2O2.C7H6F2O2.C5H12S/c1-12-5-2-3-7(11)6(4-5)8(9)10;8-7(9)5-2-1-4(10)3-6(5)11;1-3-4-5(2)6/h2-4,8,11H,1H3;1-3,7,10-11H;5-6H,3-4H2,1-2H3. The highest BCUT2D eigenvalue weighted by Crippen LogP contribution is 2.31. The van der Waals surface area contributed by atoms with Gasteiger partial charge in [0.15, 0.2) is 0 Å². The first kappa shape index (κ1) is 26.7. The van der Waals surface area contributed by atoms with Gasteiger partial charge in [-0.25, -0.2) is 17.6 Å². The molecule has 0 aromatic heterocycles. The minimum atomic E-state index is -2.71. The maximum absolute atomic E-state index is 12.1. The topological polar surface area (TPSA) is 69.9 Å². The average molecular weight is 438 g/mol. The van der Waals surface area contributed by atoms with Crippen LogP contribution in [0.15, 0.2) is 36.4 Å². The van der Waals surface area contributed by atoms with Crippen LogP contribution in [0.5, 0.6) is 23.0 Å². The summed E-state index contributed by atoms with van der Waals surface area (Å²) in [6.07, 6.45) is -2.90. The first-order valence-corrected chi connectivity index (χ1v) is 9.18. The minimum absolute atomic E-state index is 0.230. The van der Waals surface area contributed by atoms with E-state index in [1.54, 1.807) is 0 Å². The Bertz CT molecular complexity index is 728. The monoisotopic (exact) mass is 438 g/mol. The summed E-state index contributed by atoms with van der Waals surface area (Å²) in [5, 5.41) is 27.1. The lowest BCUT2D eigenvalue weighted by atomic mass is 10.2. The third-order valence-corrected chi connectivity index (χ3v) is 3.68. The predicted octanol–water partition coefficient (Wildman–Crippen LogP) is 6.48. The van der Waals surface area contributed by atoms with E-state index in [1.165, 1.54) is 32.1 Å². The highest BCUT2D eigenvalue weighted by molar-refractivity contribution is 7.80. The van der Waals surface area contributed by atoms with Crippen molar-refractivity contribution < 1.29 is 37.6 Å². The molecule has 0 fully saturated rings. The number of phenolic OH excluding ortho intramolecular Hbond substituents is 3. The number of hydrogen-bond donors (Lipinski definition) is 4. The highest BCUT2D eigenvalue weighted by Gasteiger charge is 2.13. The van der Waals surface area contributed by atoms with Gasteiger partial charge in [0.1, 0.15) is 23.0 Å². The summed E-state index contributed by atoms with van der Waals surface area (Å²) in [7, 11) is 1.38. The molecule has 0 aliphatic heterocycles. The van der Waals surface area contributed by atoms with Crippen molar-refractivity contribution in [1.82, 2.24) is 0 Å². The van der Waals surface area contributed by atoms with Crippen LogP contribution in [0.25, 0.3) is 0 Å². The molecule has 3 N–H and O–H groups in total. The van der Waals surface area contributed by atoms with Gasteiger partial charge in [-0.3, -0.25) is 0 Å². The first-order valence-electron chi connectivity index (χ1n) is 8.66. The van der Waals surface area contributed by atoms with Crippen molar-refractivity contribution in [2.24, 2.45) is 0 Å². The summed E-state index contributed by atoms with van der Waals surface area (Å²) in [5.74, 6) is -0.916. The van der Waals surface area contributed by atoms with E-state index >= 15 is 0 Å². The van der Waals surface area contributed by atoms with Crippen molar-refractivity contribution in [3.05, 3.63) is 47.5 Å². The van der Waals surface area contributed by atoms with E-state index in [1.807, 2.05) is 0 Å². The number of benzene rings is 2. The summed E-state index contributed by atoms with van der Waals surface area (Å²) >= 11 is 4.18. The summed E-state index contributed by atoms with van der Waals surface area (Å²) < 4.78 is 52.8. The number of methoxy groups -OCH3 is 1. The lowest BCUT2D eigenvalue weighted by Crippen LogP contribution is -1.88. The van der Waals surface area contributed by atoms with Gasteiger partial charge in [0, 0.05) is 6.07 Å². The number of hydrogen-bond acceptors (Lipinski definition) is 5. The van der Waals surface area contributed by atoms with Gasteiger partial charge in [-0.05, 0) is 42.0 Å². The molecule has 164 valence electrons. The number of alkyl halides is 4. The van der Waals surface area contributed by atoms with Crippen LogP contribution in [0.1, 0.15) is 50.7 Å². The molecule has 0 radical (unpaired) electrons. The minimum Gasteiger partial charge on any atom is -0.508 e. The summed E-state index contributed by atoms with van der Waals surface area (Å²) in [4.78, 5) is 0. The average Bonchev–Trinajstić information content (AvgIpc) is 2.62. The molecule has 0 aliphatic rings. The van der Waals surface area contributed by atoms with Crippen LogP contribution in [-0.2, 0) is 0 Å². The van der Waals surface area contributed by atoms with Crippen molar-refractivity contribution in [1.29, 1.82) is 0 Å². The Morgan fingerprint density at radius 2 is 1.48 bits per heavy atom. The van der Waals surface area contributed by atoms with Crippen molar-refractivity contribution in [2.75, 3.05) is 7.11 Å². The molecular formula is C20H26F4O4S. The highest BCUT2D eigenvalue weighted by atomic mass is 32.1. The lowest BCUT2D eigenvalue weighted by molar-refractivity contribution is 0.146. The van der Waals surface area contributed by atoms with Crippen molar-refractivity contribution in [2.45, 2.75) is 44.8 Å². The van der Waals surface area contributed by atoms with Crippen LogP contribution in [0, 0.1) is 0 Å². The van der Waals surface area contributed by atoms with Crippen LogP contribution >= 0.6 is 12.6 Å². The van der Waals surface area contributed by atoms with Crippen molar-refractivity contribution >= 4 is 12.6 Å². The molecule has 0 bridgehead atoms. The molecule has 2 aromatic carbocycles. The Balaban J connectivity index is 0.000000430. The van der Waals surface area contributed by atoms with Crippen LogP contribution < -0.4 is 4.74 Å². The molecule has 9 heteroatoms. The van der Waals surface area contributed by atoms with E-state index < -0.39 is 35.5 Å². The third kappa shape index (κ3) is 10.7. The maximum Gasteiger partial charge on any atom is 0.267 e. The van der Waals surface area contributed by atoms with E-state index in [-0.39, 0.29) is 5.75 Å². The molecule has 1 atom stereocenters. The smallest absolute Gasteiger partial charge is 0.267 e. The number of thiol groups is 1. The largest absolute Gasteiger partial charge is 0.508 e. The van der Waals surface area contributed by atoms with E-state index in [9.17, 15) is 17.6 Å². The van der Waals surface area contributed by atoms with Gasteiger partial charge in [-0.1, -0.05) is 20.3 Å².